The van der Waals surface area contributed by atoms with Crippen LogP contribution in [0, 0.1) is 6.92 Å². The Kier molecular flexibility index (Phi) is 7.56. The van der Waals surface area contributed by atoms with Gasteiger partial charge in [-0.15, -0.1) is 0 Å². The number of ether oxygens (including phenoxy) is 1. The standard InChI is InChI=1S/C25H22ClF3N6O3/c1-13-8-9-35(34-13)20-11-16(26)6-7-17(20)22(25(27,28)29)38-21-12-19(32-24(31)33-21)15-4-2-14(3-5-15)10-18(30)23(36)37/h2-9,11-12,18,22H,10,30H2,1H3,(H,36,37)(H2,31,32,33)/t18?,22-/m0/s1. The highest BCUT2D eigenvalue weighted by Gasteiger charge is 2.45. The van der Waals surface area contributed by atoms with Crippen LogP contribution in [-0.2, 0) is 11.2 Å². The van der Waals surface area contributed by atoms with E-state index >= 15 is 0 Å². The second-order valence-corrected chi connectivity index (χ2v) is 8.88. The molecule has 0 fully saturated rings. The third-order valence-electron chi connectivity index (χ3n) is 5.52. The number of alkyl halides is 3. The third kappa shape index (κ3) is 6.21. The van der Waals surface area contributed by atoms with Gasteiger partial charge in [-0.3, -0.25) is 4.79 Å². The molecule has 0 saturated heterocycles. The first-order chi connectivity index (χ1) is 17.9. The van der Waals surface area contributed by atoms with Crippen molar-refractivity contribution in [2.24, 2.45) is 5.73 Å². The van der Waals surface area contributed by atoms with Crippen molar-refractivity contribution < 1.29 is 27.8 Å². The molecule has 2 atom stereocenters. The van der Waals surface area contributed by atoms with Crippen molar-refractivity contribution in [3.63, 3.8) is 0 Å². The second-order valence-electron chi connectivity index (χ2n) is 8.44. The van der Waals surface area contributed by atoms with Crippen molar-refractivity contribution in [2.45, 2.75) is 31.7 Å². The Labute approximate surface area is 219 Å². The van der Waals surface area contributed by atoms with E-state index in [4.69, 9.17) is 32.9 Å². The number of nitrogens with zero attached hydrogens (tertiary/aromatic N) is 4. The van der Waals surface area contributed by atoms with Gasteiger partial charge in [0.1, 0.15) is 6.04 Å². The summed E-state index contributed by atoms with van der Waals surface area (Å²) in [6, 6.07) is 12.2. The highest BCUT2D eigenvalue weighted by molar-refractivity contribution is 6.30. The lowest BCUT2D eigenvalue weighted by atomic mass is 10.0. The van der Waals surface area contributed by atoms with Gasteiger partial charge in [0.25, 0.3) is 0 Å². The summed E-state index contributed by atoms with van der Waals surface area (Å²) in [5.74, 6) is -1.83. The maximum atomic E-state index is 14.3. The molecule has 2 heterocycles. The van der Waals surface area contributed by atoms with Gasteiger partial charge in [-0.25, -0.2) is 9.67 Å². The molecule has 38 heavy (non-hydrogen) atoms. The molecule has 9 nitrogen and oxygen atoms in total. The second kappa shape index (κ2) is 10.7. The number of benzene rings is 2. The summed E-state index contributed by atoms with van der Waals surface area (Å²) >= 11 is 6.08. The summed E-state index contributed by atoms with van der Waals surface area (Å²) in [4.78, 5) is 18.9. The van der Waals surface area contributed by atoms with E-state index in [1.165, 1.54) is 35.1 Å². The number of aliphatic carboxylic acids is 1. The molecule has 0 spiro atoms. The quantitative estimate of drug-likeness (QED) is 0.293. The zero-order valence-electron chi connectivity index (χ0n) is 19.9. The lowest BCUT2D eigenvalue weighted by Crippen LogP contribution is -2.32. The minimum atomic E-state index is -4.84. The number of carboxylic acids is 1. The Morgan fingerprint density at radius 3 is 2.45 bits per heavy atom. The molecule has 198 valence electrons. The zero-order chi connectivity index (χ0) is 27.6. The molecule has 0 radical (unpaired) electrons. The van der Waals surface area contributed by atoms with Crippen molar-refractivity contribution in [1.29, 1.82) is 0 Å². The molecule has 13 heteroatoms. The van der Waals surface area contributed by atoms with E-state index in [9.17, 15) is 18.0 Å². The van der Waals surface area contributed by atoms with Gasteiger partial charge in [-0.1, -0.05) is 41.9 Å². The Hall–Kier alpha value is -4.16. The van der Waals surface area contributed by atoms with Gasteiger partial charge in [0.15, 0.2) is 0 Å². The van der Waals surface area contributed by atoms with E-state index in [-0.39, 0.29) is 34.3 Å². The normalized spacial score (nSPS) is 13.2. The van der Waals surface area contributed by atoms with Crippen molar-refractivity contribution >= 4 is 23.5 Å². The summed E-state index contributed by atoms with van der Waals surface area (Å²) in [5.41, 5.74) is 13.2. The number of aromatic nitrogens is 4. The predicted octanol–water partition coefficient (Wildman–Crippen LogP) is 4.51. The van der Waals surface area contributed by atoms with E-state index < -0.39 is 30.2 Å². The smallest absolute Gasteiger partial charge is 0.429 e. The average molecular weight is 547 g/mol. The van der Waals surface area contributed by atoms with Crippen LogP contribution in [0.4, 0.5) is 19.1 Å². The van der Waals surface area contributed by atoms with Gasteiger partial charge in [-0.05, 0) is 37.1 Å². The van der Waals surface area contributed by atoms with Gasteiger partial charge in [-0.2, -0.15) is 23.3 Å². The molecule has 4 rings (SSSR count). The maximum absolute atomic E-state index is 14.3. The number of nitrogens with two attached hydrogens (primary N) is 2. The third-order valence-corrected chi connectivity index (χ3v) is 5.76. The number of carboxylic acid groups (broad SMARTS) is 1. The van der Waals surface area contributed by atoms with Crippen LogP contribution in [0.1, 0.15) is 22.9 Å². The first kappa shape index (κ1) is 26.9. The van der Waals surface area contributed by atoms with Crippen LogP contribution < -0.4 is 16.2 Å². The van der Waals surface area contributed by atoms with Gasteiger partial charge < -0.3 is 21.3 Å². The first-order valence-electron chi connectivity index (χ1n) is 11.2. The minimum Gasteiger partial charge on any atom is -0.480 e. The van der Waals surface area contributed by atoms with E-state index in [0.29, 0.717) is 16.8 Å². The minimum absolute atomic E-state index is 0.0883. The fraction of sp³-hybridized carbons (Fsp3) is 0.200. The van der Waals surface area contributed by atoms with Crippen LogP contribution in [0.5, 0.6) is 5.88 Å². The molecule has 0 saturated carbocycles. The number of halogens is 4. The van der Waals surface area contributed by atoms with Gasteiger partial charge in [0.2, 0.25) is 17.9 Å². The van der Waals surface area contributed by atoms with E-state index in [1.807, 2.05) is 0 Å². The molecule has 1 unspecified atom stereocenters. The molecule has 0 bridgehead atoms. The van der Waals surface area contributed by atoms with Crippen LogP contribution >= 0.6 is 11.6 Å². The number of aryl methyl sites for hydroxylation is 1. The summed E-state index contributed by atoms with van der Waals surface area (Å²) in [6.45, 7) is 1.71. The fourth-order valence-corrected chi connectivity index (χ4v) is 3.88. The average Bonchev–Trinajstić information content (AvgIpc) is 3.28. The Bertz CT molecular complexity index is 1460. The van der Waals surface area contributed by atoms with Crippen molar-refractivity contribution in [3.05, 3.63) is 82.6 Å². The first-order valence-corrected chi connectivity index (χ1v) is 11.6. The summed E-state index contributed by atoms with van der Waals surface area (Å²) in [6.07, 6.45) is -5.65. The largest absolute Gasteiger partial charge is 0.480 e. The van der Waals surface area contributed by atoms with Crippen molar-refractivity contribution in [2.75, 3.05) is 5.73 Å². The lowest BCUT2D eigenvalue weighted by molar-refractivity contribution is -0.198. The highest BCUT2D eigenvalue weighted by Crippen LogP contribution is 2.40. The monoisotopic (exact) mass is 546 g/mol. The number of hydrogen-bond acceptors (Lipinski definition) is 7. The van der Waals surface area contributed by atoms with Gasteiger partial charge in [0.05, 0.1) is 17.1 Å². The molecular formula is C25H22ClF3N6O3. The molecule has 0 aliphatic carbocycles. The van der Waals surface area contributed by atoms with E-state index in [0.717, 1.165) is 0 Å². The van der Waals surface area contributed by atoms with Gasteiger partial charge >= 0.3 is 12.1 Å². The molecule has 0 aliphatic rings. The number of hydrogen-bond donors (Lipinski definition) is 3. The molecule has 2 aromatic heterocycles. The fourth-order valence-electron chi connectivity index (χ4n) is 3.72. The number of rotatable bonds is 8. The maximum Gasteiger partial charge on any atom is 0.429 e. The Morgan fingerprint density at radius 2 is 1.84 bits per heavy atom. The Morgan fingerprint density at radius 1 is 1.13 bits per heavy atom. The molecule has 4 aromatic rings. The molecular weight excluding hydrogens is 525 g/mol. The predicted molar refractivity (Wildman–Crippen MR) is 134 cm³/mol. The molecule has 5 N–H and O–H groups in total. The van der Waals surface area contributed by atoms with E-state index in [2.05, 4.69) is 15.1 Å². The van der Waals surface area contributed by atoms with Crippen LogP contribution in [0.3, 0.4) is 0 Å². The SMILES string of the molecule is Cc1ccn(-c2cc(Cl)ccc2[C@H](Oc2cc(-c3ccc(CC(N)C(=O)O)cc3)nc(N)n2)C(F)(F)F)n1. The summed E-state index contributed by atoms with van der Waals surface area (Å²) < 4.78 is 49.6. The van der Waals surface area contributed by atoms with Crippen LogP contribution in [0.25, 0.3) is 16.9 Å². The van der Waals surface area contributed by atoms with Crippen LogP contribution in [0.2, 0.25) is 5.02 Å². The molecule has 0 aliphatic heterocycles. The number of anilines is 1. The van der Waals surface area contributed by atoms with Crippen molar-refractivity contribution in [3.8, 4) is 22.8 Å². The van der Waals surface area contributed by atoms with Crippen molar-refractivity contribution in [1.82, 2.24) is 19.7 Å². The Balaban J connectivity index is 1.68. The van der Waals surface area contributed by atoms with Gasteiger partial charge in [0, 0.05) is 28.4 Å². The van der Waals surface area contributed by atoms with E-state index in [1.54, 1.807) is 37.3 Å². The lowest BCUT2D eigenvalue weighted by Gasteiger charge is -2.24. The zero-order valence-corrected chi connectivity index (χ0v) is 20.6. The van der Waals surface area contributed by atoms with Crippen LogP contribution in [0.15, 0.2) is 60.8 Å². The molecule has 2 aromatic carbocycles. The number of carbonyl (C=O) groups is 1. The topological polar surface area (TPSA) is 142 Å². The molecule has 0 amide bonds. The summed E-state index contributed by atoms with van der Waals surface area (Å²) in [7, 11) is 0. The summed E-state index contributed by atoms with van der Waals surface area (Å²) in [5, 5.41) is 13.4. The highest BCUT2D eigenvalue weighted by atomic mass is 35.5. The number of nitrogen functional groups attached to an aromatic ring is 1. The van der Waals surface area contributed by atoms with Crippen LogP contribution in [-0.4, -0.2) is 43.0 Å².